The standard InChI is InChI=1S/C28H37BN4O2/c1-5-6-7-8-24(30-3)11-9-21-17-22-10-12-25(19-23(22)18-21)31-26(34)20-32(4)27(35)28(2)13-15-33(29)16-14-28/h5-12,19,21,30H,1,13-18,20H2,2-4H3,(H,31,34)/b7-6-,11-9+,24-8+. The Hall–Kier alpha value is -3.06. The quantitative estimate of drug-likeness (QED) is 0.427. The van der Waals surface area contributed by atoms with Crippen LogP contribution in [0.1, 0.15) is 30.9 Å². The van der Waals surface area contributed by atoms with Crippen LogP contribution in [0.25, 0.3) is 0 Å². The largest absolute Gasteiger partial charge is 0.388 e. The smallest absolute Gasteiger partial charge is 0.243 e. The van der Waals surface area contributed by atoms with E-state index in [4.69, 9.17) is 7.98 Å². The molecule has 1 heterocycles. The molecule has 6 nitrogen and oxygen atoms in total. The summed E-state index contributed by atoms with van der Waals surface area (Å²) in [5.41, 5.74) is 3.90. The van der Waals surface area contributed by atoms with Crippen molar-refractivity contribution in [1.82, 2.24) is 15.0 Å². The average Bonchev–Trinajstić information content (AvgIpc) is 3.24. The molecule has 1 aromatic rings. The molecule has 1 atom stereocenters. The van der Waals surface area contributed by atoms with Crippen LogP contribution in [0.3, 0.4) is 0 Å². The van der Waals surface area contributed by atoms with Crippen LogP contribution < -0.4 is 10.6 Å². The summed E-state index contributed by atoms with van der Waals surface area (Å²) in [6.45, 7) is 7.06. The average molecular weight is 472 g/mol. The molecule has 1 aromatic carbocycles. The molecule has 184 valence electrons. The van der Waals surface area contributed by atoms with Crippen molar-refractivity contribution in [2.45, 2.75) is 32.6 Å². The number of hydrogen-bond donors (Lipinski definition) is 2. The lowest BCUT2D eigenvalue weighted by Gasteiger charge is -2.39. The van der Waals surface area contributed by atoms with Gasteiger partial charge in [0, 0.05) is 30.9 Å². The molecule has 0 saturated carbocycles. The number of anilines is 1. The molecule has 2 N–H and O–H groups in total. The zero-order valence-corrected chi connectivity index (χ0v) is 21.2. The number of piperidine rings is 1. The monoisotopic (exact) mass is 472 g/mol. The number of nitrogens with zero attached hydrogens (tertiary/aromatic N) is 2. The van der Waals surface area contributed by atoms with Crippen LogP contribution in [0.5, 0.6) is 0 Å². The van der Waals surface area contributed by atoms with Crippen molar-refractivity contribution < 1.29 is 9.59 Å². The minimum absolute atomic E-state index is 0.000645. The molecule has 1 aliphatic heterocycles. The van der Waals surface area contributed by atoms with E-state index in [0.717, 1.165) is 24.2 Å². The second-order valence-electron chi connectivity index (χ2n) is 9.81. The first-order chi connectivity index (χ1) is 16.7. The van der Waals surface area contributed by atoms with Crippen LogP contribution in [0.2, 0.25) is 0 Å². The summed E-state index contributed by atoms with van der Waals surface area (Å²) >= 11 is 0. The number of amides is 2. The molecule has 2 radical (unpaired) electrons. The van der Waals surface area contributed by atoms with Crippen LogP contribution in [-0.4, -0.2) is 63.2 Å². The maximum atomic E-state index is 13.0. The molecule has 0 bridgehead atoms. The van der Waals surface area contributed by atoms with Gasteiger partial charge in [0.25, 0.3) is 0 Å². The third-order valence-corrected chi connectivity index (χ3v) is 6.96. The van der Waals surface area contributed by atoms with Gasteiger partial charge in [-0.05, 0) is 80.1 Å². The molecule has 7 heteroatoms. The summed E-state index contributed by atoms with van der Waals surface area (Å²) < 4.78 is 0. The van der Waals surface area contributed by atoms with Gasteiger partial charge >= 0.3 is 0 Å². The van der Waals surface area contributed by atoms with E-state index >= 15 is 0 Å². The van der Waals surface area contributed by atoms with Crippen molar-refractivity contribution in [2.24, 2.45) is 11.3 Å². The Kier molecular flexibility index (Phi) is 9.16. The predicted octanol–water partition coefficient (Wildman–Crippen LogP) is 3.39. The zero-order valence-electron chi connectivity index (χ0n) is 21.2. The molecule has 3 rings (SSSR count). The van der Waals surface area contributed by atoms with E-state index in [1.165, 1.54) is 16.0 Å². The number of carbonyl (C=O) groups is 2. The maximum absolute atomic E-state index is 13.0. The summed E-state index contributed by atoms with van der Waals surface area (Å²) in [7, 11) is 9.44. The lowest BCUT2D eigenvalue weighted by molar-refractivity contribution is -0.143. The second-order valence-corrected chi connectivity index (χ2v) is 9.81. The number of carbonyl (C=O) groups excluding carboxylic acids is 2. The first-order valence-electron chi connectivity index (χ1n) is 12.3. The molecule has 2 aliphatic rings. The van der Waals surface area contributed by atoms with Gasteiger partial charge in [0.2, 0.25) is 11.8 Å². The lowest BCUT2D eigenvalue weighted by Crippen LogP contribution is -2.48. The first kappa shape index (κ1) is 26.5. The topological polar surface area (TPSA) is 64.7 Å². The number of nitrogens with one attached hydrogen (secondary N) is 2. The first-order valence-corrected chi connectivity index (χ1v) is 12.3. The van der Waals surface area contributed by atoms with Gasteiger partial charge in [0.05, 0.1) is 6.54 Å². The van der Waals surface area contributed by atoms with E-state index < -0.39 is 5.41 Å². The zero-order chi connectivity index (χ0) is 25.4. The Morgan fingerprint density at radius 1 is 1.23 bits per heavy atom. The fraction of sp³-hybridized carbons (Fsp3) is 0.429. The molecule has 0 aromatic heterocycles. The van der Waals surface area contributed by atoms with Gasteiger partial charge in [-0.2, -0.15) is 0 Å². The molecule has 1 aliphatic carbocycles. The van der Waals surface area contributed by atoms with Crippen LogP contribution in [0.15, 0.2) is 66.9 Å². The van der Waals surface area contributed by atoms with Gasteiger partial charge < -0.3 is 20.3 Å². The van der Waals surface area contributed by atoms with Gasteiger partial charge in [-0.25, -0.2) is 0 Å². The molecule has 1 unspecified atom stereocenters. The van der Waals surface area contributed by atoms with Gasteiger partial charge in [0.15, 0.2) is 7.98 Å². The van der Waals surface area contributed by atoms with E-state index in [1.54, 1.807) is 17.9 Å². The molecule has 35 heavy (non-hydrogen) atoms. The van der Waals surface area contributed by atoms with Crippen molar-refractivity contribution in [1.29, 1.82) is 0 Å². The van der Waals surface area contributed by atoms with E-state index in [0.29, 0.717) is 31.8 Å². The highest BCUT2D eigenvalue weighted by Gasteiger charge is 2.38. The van der Waals surface area contributed by atoms with Crippen molar-refractivity contribution >= 4 is 25.5 Å². The highest BCUT2D eigenvalue weighted by molar-refractivity contribution is 6.04. The Balaban J connectivity index is 1.54. The number of rotatable bonds is 9. The van der Waals surface area contributed by atoms with E-state index in [1.807, 2.05) is 38.3 Å². The Bertz CT molecular complexity index is 1020. The number of hydrogen-bond acceptors (Lipinski definition) is 4. The van der Waals surface area contributed by atoms with Crippen molar-refractivity contribution in [3.63, 3.8) is 0 Å². The third kappa shape index (κ3) is 7.21. The fourth-order valence-electron chi connectivity index (χ4n) is 4.75. The minimum Gasteiger partial charge on any atom is -0.388 e. The third-order valence-electron chi connectivity index (χ3n) is 6.96. The number of fused-ring (bicyclic) bond motifs is 1. The summed E-state index contributed by atoms with van der Waals surface area (Å²) in [5.74, 6) is 0.228. The number of likely N-dealkylation sites (N-methyl/N-ethyl adjacent to an activating group) is 2. The molecular weight excluding hydrogens is 435 g/mol. The van der Waals surface area contributed by atoms with Gasteiger partial charge in [-0.1, -0.05) is 43.9 Å². The van der Waals surface area contributed by atoms with Crippen LogP contribution >= 0.6 is 0 Å². The summed E-state index contributed by atoms with van der Waals surface area (Å²) in [6, 6.07) is 6.10. The van der Waals surface area contributed by atoms with Gasteiger partial charge in [0.1, 0.15) is 0 Å². The normalized spacial score (nSPS) is 20.1. The summed E-state index contributed by atoms with van der Waals surface area (Å²) in [6.07, 6.45) is 15.3. The fourth-order valence-corrected chi connectivity index (χ4v) is 4.75. The van der Waals surface area contributed by atoms with Crippen molar-refractivity contribution in [2.75, 3.05) is 39.0 Å². The molecular formula is C28H37BN4O2. The Morgan fingerprint density at radius 3 is 2.63 bits per heavy atom. The predicted molar refractivity (Wildman–Crippen MR) is 144 cm³/mol. The maximum Gasteiger partial charge on any atom is 0.243 e. The van der Waals surface area contributed by atoms with Gasteiger partial charge in [-0.3, -0.25) is 9.59 Å². The molecule has 1 saturated heterocycles. The Morgan fingerprint density at radius 2 is 1.94 bits per heavy atom. The summed E-state index contributed by atoms with van der Waals surface area (Å²) in [5, 5.41) is 6.16. The molecule has 2 amide bonds. The van der Waals surface area contributed by atoms with Crippen molar-refractivity contribution in [3.8, 4) is 0 Å². The number of benzene rings is 1. The molecule has 1 fully saturated rings. The van der Waals surface area contributed by atoms with Crippen LogP contribution in [0.4, 0.5) is 5.69 Å². The lowest BCUT2D eigenvalue weighted by atomic mass is 9.78. The minimum atomic E-state index is -0.467. The molecule has 0 spiro atoms. The van der Waals surface area contributed by atoms with Crippen LogP contribution in [-0.2, 0) is 22.4 Å². The van der Waals surface area contributed by atoms with E-state index in [-0.39, 0.29) is 18.4 Å². The van der Waals surface area contributed by atoms with Crippen LogP contribution in [0, 0.1) is 11.3 Å². The highest BCUT2D eigenvalue weighted by Crippen LogP contribution is 2.32. The van der Waals surface area contributed by atoms with E-state index in [9.17, 15) is 9.59 Å². The SMILES string of the molecule is [B]N1CCC(C)(C(=O)N(C)CC(=O)Nc2ccc3c(c2)CC(/C=C/C(=C\C=C/C=C)NC)C3)CC1. The second kappa shape index (κ2) is 12.1. The van der Waals surface area contributed by atoms with E-state index in [2.05, 4.69) is 41.5 Å². The number of allylic oxidation sites excluding steroid dienone is 6. The van der Waals surface area contributed by atoms with Crippen molar-refractivity contribution in [3.05, 3.63) is 78.1 Å². The Labute approximate surface area is 211 Å². The summed E-state index contributed by atoms with van der Waals surface area (Å²) in [4.78, 5) is 28.9. The van der Waals surface area contributed by atoms with Gasteiger partial charge in [-0.15, -0.1) is 0 Å². The highest BCUT2D eigenvalue weighted by atomic mass is 16.2.